The first kappa shape index (κ1) is 11.4. The van der Waals surface area contributed by atoms with Crippen LogP contribution in [0.25, 0.3) is 0 Å². The van der Waals surface area contributed by atoms with E-state index in [4.69, 9.17) is 0 Å². The van der Waals surface area contributed by atoms with Crippen molar-refractivity contribution in [1.29, 1.82) is 0 Å². The van der Waals surface area contributed by atoms with Gasteiger partial charge < -0.3 is 5.32 Å². The third-order valence-electron chi connectivity index (χ3n) is 4.56. The molecule has 1 heteroatoms. The van der Waals surface area contributed by atoms with Gasteiger partial charge in [0.25, 0.3) is 0 Å². The first-order chi connectivity index (χ1) is 7.08. The molecule has 0 amide bonds. The zero-order valence-corrected chi connectivity index (χ0v) is 10.8. The average Bonchev–Trinajstić information content (AvgIpc) is 2.81. The van der Waals surface area contributed by atoms with E-state index in [0.29, 0.717) is 0 Å². The Hall–Kier alpha value is -0.0400. The lowest BCUT2D eigenvalue weighted by atomic mass is 9.74. The Morgan fingerprint density at radius 2 is 1.67 bits per heavy atom. The molecule has 5 atom stereocenters. The molecule has 2 fully saturated rings. The average molecular weight is 209 g/mol. The lowest BCUT2D eigenvalue weighted by Crippen LogP contribution is -2.44. The van der Waals surface area contributed by atoms with Crippen molar-refractivity contribution in [2.24, 2.45) is 23.7 Å². The van der Waals surface area contributed by atoms with E-state index in [9.17, 15) is 0 Å². The minimum Gasteiger partial charge on any atom is -0.311 e. The topological polar surface area (TPSA) is 12.0 Å². The predicted octanol–water partition coefficient (Wildman–Crippen LogP) is 3.45. The molecule has 1 nitrogen and oxygen atoms in total. The van der Waals surface area contributed by atoms with Gasteiger partial charge in [0.15, 0.2) is 0 Å². The normalized spacial score (nSPS) is 45.8. The van der Waals surface area contributed by atoms with Crippen LogP contribution in [-0.2, 0) is 0 Å². The van der Waals surface area contributed by atoms with E-state index in [0.717, 1.165) is 35.8 Å². The maximum absolute atomic E-state index is 3.90. The zero-order chi connectivity index (χ0) is 11.0. The van der Waals surface area contributed by atoms with E-state index in [-0.39, 0.29) is 0 Å². The van der Waals surface area contributed by atoms with Crippen molar-refractivity contribution in [3.05, 3.63) is 0 Å². The third-order valence-corrected chi connectivity index (χ3v) is 4.56. The highest BCUT2D eigenvalue weighted by Gasteiger charge is 2.38. The highest BCUT2D eigenvalue weighted by Crippen LogP contribution is 2.37. The number of hydrogen-bond acceptors (Lipinski definition) is 1. The summed E-state index contributed by atoms with van der Waals surface area (Å²) in [6.07, 6.45) is 5.71. The van der Waals surface area contributed by atoms with Crippen LogP contribution in [0.4, 0.5) is 0 Å². The van der Waals surface area contributed by atoms with Gasteiger partial charge in [-0.2, -0.15) is 0 Å². The number of rotatable bonds is 3. The van der Waals surface area contributed by atoms with Crippen molar-refractivity contribution in [2.75, 3.05) is 0 Å². The van der Waals surface area contributed by atoms with Gasteiger partial charge in [0.1, 0.15) is 0 Å². The van der Waals surface area contributed by atoms with Crippen molar-refractivity contribution in [3.8, 4) is 0 Å². The molecule has 1 N–H and O–H groups in total. The SMILES string of the molecule is CC1CCC(C(C)C)C(NC2CC2C)C1. The summed E-state index contributed by atoms with van der Waals surface area (Å²) in [6, 6.07) is 1.66. The second-order valence-corrected chi connectivity index (χ2v) is 6.42. The Bertz CT molecular complexity index is 211. The molecule has 2 saturated carbocycles. The molecule has 0 heterocycles. The fraction of sp³-hybridized carbons (Fsp3) is 1.00. The van der Waals surface area contributed by atoms with Gasteiger partial charge in [0.05, 0.1) is 0 Å². The van der Waals surface area contributed by atoms with E-state index in [1.54, 1.807) is 0 Å². The van der Waals surface area contributed by atoms with Crippen molar-refractivity contribution in [2.45, 2.75) is 65.5 Å². The highest BCUT2D eigenvalue weighted by atomic mass is 15.0. The maximum atomic E-state index is 3.90. The summed E-state index contributed by atoms with van der Waals surface area (Å²) in [5.41, 5.74) is 0. The third kappa shape index (κ3) is 2.75. The summed E-state index contributed by atoms with van der Waals surface area (Å²) in [4.78, 5) is 0. The first-order valence-corrected chi connectivity index (χ1v) is 6.84. The van der Waals surface area contributed by atoms with Crippen molar-refractivity contribution >= 4 is 0 Å². The van der Waals surface area contributed by atoms with Gasteiger partial charge in [-0.25, -0.2) is 0 Å². The fourth-order valence-corrected chi connectivity index (χ4v) is 3.22. The number of hydrogen-bond donors (Lipinski definition) is 1. The highest BCUT2D eigenvalue weighted by molar-refractivity contribution is 4.95. The fourth-order valence-electron chi connectivity index (χ4n) is 3.22. The van der Waals surface area contributed by atoms with Gasteiger partial charge in [-0.3, -0.25) is 0 Å². The summed E-state index contributed by atoms with van der Waals surface area (Å²) in [6.45, 7) is 9.58. The maximum Gasteiger partial charge on any atom is 0.0103 e. The van der Waals surface area contributed by atoms with Crippen LogP contribution in [-0.4, -0.2) is 12.1 Å². The molecule has 0 aromatic carbocycles. The van der Waals surface area contributed by atoms with Crippen LogP contribution in [0.15, 0.2) is 0 Å². The van der Waals surface area contributed by atoms with Gasteiger partial charge in [-0.1, -0.05) is 34.1 Å². The Balaban J connectivity index is 1.90. The summed E-state index contributed by atoms with van der Waals surface area (Å²) in [7, 11) is 0. The molecular formula is C14H27N. The van der Waals surface area contributed by atoms with Gasteiger partial charge in [0, 0.05) is 12.1 Å². The molecule has 0 aromatic heterocycles. The molecule has 2 aliphatic carbocycles. The Kier molecular flexibility index (Phi) is 3.39. The monoisotopic (exact) mass is 209 g/mol. The quantitative estimate of drug-likeness (QED) is 0.751. The molecule has 2 aliphatic rings. The van der Waals surface area contributed by atoms with Crippen LogP contribution < -0.4 is 5.32 Å². The van der Waals surface area contributed by atoms with Crippen LogP contribution in [0.2, 0.25) is 0 Å². The molecule has 88 valence electrons. The van der Waals surface area contributed by atoms with Crippen molar-refractivity contribution in [3.63, 3.8) is 0 Å². The van der Waals surface area contributed by atoms with E-state index >= 15 is 0 Å². The van der Waals surface area contributed by atoms with E-state index < -0.39 is 0 Å². The predicted molar refractivity (Wildman–Crippen MR) is 65.8 cm³/mol. The summed E-state index contributed by atoms with van der Waals surface area (Å²) < 4.78 is 0. The van der Waals surface area contributed by atoms with E-state index in [2.05, 4.69) is 33.0 Å². The van der Waals surface area contributed by atoms with Gasteiger partial charge in [0.2, 0.25) is 0 Å². The van der Waals surface area contributed by atoms with Crippen molar-refractivity contribution in [1.82, 2.24) is 5.32 Å². The minimum absolute atomic E-state index is 0.809. The van der Waals surface area contributed by atoms with Gasteiger partial charge in [-0.15, -0.1) is 0 Å². The van der Waals surface area contributed by atoms with Gasteiger partial charge >= 0.3 is 0 Å². The largest absolute Gasteiger partial charge is 0.311 e. The molecule has 15 heavy (non-hydrogen) atoms. The molecule has 5 unspecified atom stereocenters. The number of nitrogens with one attached hydrogen (secondary N) is 1. The lowest BCUT2D eigenvalue weighted by Gasteiger charge is -2.38. The molecule has 0 aromatic rings. The summed E-state index contributed by atoms with van der Waals surface area (Å²) in [5, 5.41) is 3.90. The first-order valence-electron chi connectivity index (χ1n) is 6.84. The summed E-state index contributed by atoms with van der Waals surface area (Å²) in [5.74, 6) is 3.65. The smallest absolute Gasteiger partial charge is 0.0103 e. The molecule has 0 bridgehead atoms. The van der Waals surface area contributed by atoms with E-state index in [1.165, 1.54) is 25.7 Å². The standard InChI is InChI=1S/C14H27N/c1-9(2)12-6-5-10(3)7-14(12)15-13-8-11(13)4/h9-15H,5-8H2,1-4H3. The zero-order valence-electron chi connectivity index (χ0n) is 10.8. The van der Waals surface area contributed by atoms with E-state index in [1.807, 2.05) is 0 Å². The molecule has 0 saturated heterocycles. The lowest BCUT2D eigenvalue weighted by molar-refractivity contribution is 0.168. The molecular weight excluding hydrogens is 182 g/mol. The Labute approximate surface area is 95.0 Å². The van der Waals surface area contributed by atoms with Crippen LogP contribution in [0.3, 0.4) is 0 Å². The van der Waals surface area contributed by atoms with Crippen LogP contribution in [0.5, 0.6) is 0 Å². The van der Waals surface area contributed by atoms with Crippen LogP contribution in [0, 0.1) is 23.7 Å². The molecule has 0 aliphatic heterocycles. The Morgan fingerprint density at radius 1 is 1.00 bits per heavy atom. The molecule has 0 spiro atoms. The van der Waals surface area contributed by atoms with Crippen molar-refractivity contribution < 1.29 is 0 Å². The van der Waals surface area contributed by atoms with Gasteiger partial charge in [-0.05, 0) is 42.9 Å². The summed E-state index contributed by atoms with van der Waals surface area (Å²) >= 11 is 0. The van der Waals surface area contributed by atoms with Crippen LogP contribution >= 0.6 is 0 Å². The second kappa shape index (κ2) is 4.45. The minimum atomic E-state index is 0.809. The molecule has 0 radical (unpaired) electrons. The Morgan fingerprint density at radius 3 is 2.20 bits per heavy atom. The second-order valence-electron chi connectivity index (χ2n) is 6.42. The van der Waals surface area contributed by atoms with Crippen LogP contribution in [0.1, 0.15) is 53.4 Å². The molecule has 2 rings (SSSR count).